The molecule has 3 aromatic rings. The van der Waals surface area contributed by atoms with Crippen LogP contribution in [0.4, 0.5) is 5.82 Å². The Kier molecular flexibility index (Phi) is 4.35. The summed E-state index contributed by atoms with van der Waals surface area (Å²) in [5, 5.41) is 12.5. The van der Waals surface area contributed by atoms with Crippen molar-refractivity contribution < 1.29 is 14.3 Å². The van der Waals surface area contributed by atoms with Gasteiger partial charge in [-0.1, -0.05) is 12.1 Å². The number of amides is 1. The van der Waals surface area contributed by atoms with Gasteiger partial charge in [-0.3, -0.25) is 14.0 Å². The molecule has 1 aromatic carbocycles. The zero-order chi connectivity index (χ0) is 19.8. The molecule has 0 bridgehead atoms. The molecule has 0 aliphatic carbocycles. The number of esters is 1. The summed E-state index contributed by atoms with van der Waals surface area (Å²) >= 11 is 0. The molecule has 8 heteroatoms. The van der Waals surface area contributed by atoms with Crippen LogP contribution in [0.5, 0.6) is 0 Å². The van der Waals surface area contributed by atoms with Crippen LogP contribution in [-0.2, 0) is 14.3 Å². The molecule has 0 spiro atoms. The summed E-state index contributed by atoms with van der Waals surface area (Å²) in [4.78, 5) is 31.0. The topological polar surface area (TPSA) is 99.7 Å². The second-order valence-corrected chi connectivity index (χ2v) is 6.71. The molecule has 2 aromatic heterocycles. The Morgan fingerprint density at radius 1 is 1.43 bits per heavy atom. The van der Waals surface area contributed by atoms with E-state index >= 15 is 0 Å². The first-order valence-corrected chi connectivity index (χ1v) is 8.97. The van der Waals surface area contributed by atoms with Gasteiger partial charge < -0.3 is 15.0 Å². The maximum absolute atomic E-state index is 12.5. The Balaban J connectivity index is 1.98. The summed E-state index contributed by atoms with van der Waals surface area (Å²) in [5.41, 5.74) is 3.40. The number of carbonyl (C=O) groups is 2. The van der Waals surface area contributed by atoms with E-state index < -0.39 is 12.0 Å². The standard InChI is InChI=1S/C20H19N5O3/c1-12-9-17(24-8-7-22-20(27)16(24)10-18(26)28-2)25-15-6-4-3-5-14(15)23-19(25)13(12)11-21/h3-6,9,16H,7-8,10H2,1-2H3,(H,22,27)/t16-/m1/s1. The largest absolute Gasteiger partial charge is 0.469 e. The minimum Gasteiger partial charge on any atom is -0.469 e. The number of anilines is 1. The summed E-state index contributed by atoms with van der Waals surface area (Å²) in [6.07, 6.45) is -0.0600. The lowest BCUT2D eigenvalue weighted by Gasteiger charge is -2.36. The second kappa shape index (κ2) is 6.85. The number of carbonyl (C=O) groups excluding carboxylic acids is 2. The third-order valence-corrected chi connectivity index (χ3v) is 5.08. The van der Waals surface area contributed by atoms with Crippen LogP contribution in [0.1, 0.15) is 17.5 Å². The lowest BCUT2D eigenvalue weighted by molar-refractivity contribution is -0.143. The predicted molar refractivity (Wildman–Crippen MR) is 103 cm³/mol. The number of para-hydroxylation sites is 2. The molecule has 1 N–H and O–H groups in total. The maximum Gasteiger partial charge on any atom is 0.308 e. The predicted octanol–water partition coefficient (Wildman–Crippen LogP) is 1.54. The average molecular weight is 377 g/mol. The smallest absolute Gasteiger partial charge is 0.308 e. The van der Waals surface area contributed by atoms with E-state index in [0.29, 0.717) is 24.3 Å². The van der Waals surface area contributed by atoms with Gasteiger partial charge in [0.05, 0.1) is 30.1 Å². The molecule has 4 rings (SSSR count). The van der Waals surface area contributed by atoms with Gasteiger partial charge in [0.25, 0.3) is 0 Å². The molecule has 1 fully saturated rings. The zero-order valence-corrected chi connectivity index (χ0v) is 15.6. The first-order valence-electron chi connectivity index (χ1n) is 8.97. The molecule has 8 nitrogen and oxygen atoms in total. The summed E-state index contributed by atoms with van der Waals surface area (Å²) in [6, 6.07) is 11.0. The van der Waals surface area contributed by atoms with Crippen molar-refractivity contribution in [3.05, 3.63) is 41.5 Å². The molecule has 1 saturated heterocycles. The van der Waals surface area contributed by atoms with Crippen LogP contribution in [-0.4, -0.2) is 47.5 Å². The second-order valence-electron chi connectivity index (χ2n) is 6.71. The monoisotopic (exact) mass is 377 g/mol. The van der Waals surface area contributed by atoms with Crippen LogP contribution in [0.3, 0.4) is 0 Å². The Hall–Kier alpha value is -3.60. The molecule has 3 heterocycles. The van der Waals surface area contributed by atoms with Crippen LogP contribution >= 0.6 is 0 Å². The first kappa shape index (κ1) is 17.8. The Bertz CT molecular complexity index is 1140. The molecular formula is C20H19N5O3. The number of fused-ring (bicyclic) bond motifs is 3. The van der Waals surface area contributed by atoms with Crippen molar-refractivity contribution in [2.75, 3.05) is 25.1 Å². The van der Waals surface area contributed by atoms with Crippen LogP contribution in [0.25, 0.3) is 16.7 Å². The van der Waals surface area contributed by atoms with Crippen molar-refractivity contribution >= 4 is 34.4 Å². The van der Waals surface area contributed by atoms with Gasteiger partial charge in [-0.05, 0) is 30.7 Å². The third kappa shape index (κ3) is 2.72. The first-order chi connectivity index (χ1) is 13.5. The summed E-state index contributed by atoms with van der Waals surface area (Å²) in [5.74, 6) is 0.0457. The van der Waals surface area contributed by atoms with Gasteiger partial charge in [-0.25, -0.2) is 4.98 Å². The van der Waals surface area contributed by atoms with Crippen LogP contribution in [0.2, 0.25) is 0 Å². The number of nitriles is 1. The molecular weight excluding hydrogens is 358 g/mol. The van der Waals surface area contributed by atoms with Gasteiger partial charge in [-0.15, -0.1) is 0 Å². The highest BCUT2D eigenvalue weighted by molar-refractivity contribution is 5.92. The number of pyridine rings is 1. The van der Waals surface area contributed by atoms with Crippen molar-refractivity contribution in [2.24, 2.45) is 0 Å². The van der Waals surface area contributed by atoms with E-state index in [1.807, 2.05) is 46.6 Å². The van der Waals surface area contributed by atoms with Gasteiger partial charge in [0.2, 0.25) is 5.91 Å². The van der Waals surface area contributed by atoms with E-state index in [9.17, 15) is 14.9 Å². The number of nitrogens with one attached hydrogen (secondary N) is 1. The van der Waals surface area contributed by atoms with E-state index in [0.717, 1.165) is 22.4 Å². The van der Waals surface area contributed by atoms with Gasteiger partial charge in [0.1, 0.15) is 17.9 Å². The molecule has 0 radical (unpaired) electrons. The number of methoxy groups -OCH3 is 1. The number of imidazole rings is 1. The van der Waals surface area contributed by atoms with E-state index in [-0.39, 0.29) is 12.3 Å². The Morgan fingerprint density at radius 2 is 2.21 bits per heavy atom. The highest BCUT2D eigenvalue weighted by atomic mass is 16.5. The molecule has 1 aliphatic rings. The minimum absolute atomic E-state index is 0.0600. The summed E-state index contributed by atoms with van der Waals surface area (Å²) in [7, 11) is 1.31. The van der Waals surface area contributed by atoms with Gasteiger partial charge in [0, 0.05) is 13.1 Å². The fourth-order valence-electron chi connectivity index (χ4n) is 3.71. The van der Waals surface area contributed by atoms with Crippen LogP contribution in [0.15, 0.2) is 30.3 Å². The zero-order valence-electron chi connectivity index (χ0n) is 15.6. The lowest BCUT2D eigenvalue weighted by Crippen LogP contribution is -2.56. The number of rotatable bonds is 3. The molecule has 0 unspecified atom stereocenters. The van der Waals surface area contributed by atoms with E-state index in [4.69, 9.17) is 4.74 Å². The van der Waals surface area contributed by atoms with Crippen molar-refractivity contribution in [1.82, 2.24) is 14.7 Å². The number of hydrogen-bond donors (Lipinski definition) is 1. The number of hydrogen-bond acceptors (Lipinski definition) is 6. The van der Waals surface area contributed by atoms with Crippen molar-refractivity contribution in [3.8, 4) is 6.07 Å². The average Bonchev–Trinajstić information content (AvgIpc) is 3.08. The van der Waals surface area contributed by atoms with Crippen molar-refractivity contribution in [2.45, 2.75) is 19.4 Å². The normalized spacial score (nSPS) is 16.8. The lowest BCUT2D eigenvalue weighted by atomic mass is 10.1. The van der Waals surface area contributed by atoms with Crippen molar-refractivity contribution in [1.29, 1.82) is 5.26 Å². The fourth-order valence-corrected chi connectivity index (χ4v) is 3.71. The van der Waals surface area contributed by atoms with E-state index in [1.54, 1.807) is 0 Å². The third-order valence-electron chi connectivity index (χ3n) is 5.08. The number of ether oxygens (including phenoxy) is 1. The number of aryl methyl sites for hydroxylation is 1. The maximum atomic E-state index is 12.5. The van der Waals surface area contributed by atoms with Gasteiger partial charge in [-0.2, -0.15) is 5.26 Å². The molecule has 142 valence electrons. The Morgan fingerprint density at radius 3 is 2.96 bits per heavy atom. The molecule has 1 atom stereocenters. The summed E-state index contributed by atoms with van der Waals surface area (Å²) < 4.78 is 6.67. The van der Waals surface area contributed by atoms with Crippen LogP contribution < -0.4 is 10.2 Å². The highest BCUT2D eigenvalue weighted by Gasteiger charge is 2.34. The Labute approximate surface area is 161 Å². The SMILES string of the molecule is COC(=O)C[C@@H]1C(=O)NCCN1c1cc(C)c(C#N)c2nc3ccccc3n12. The van der Waals surface area contributed by atoms with Gasteiger partial charge >= 0.3 is 5.97 Å². The number of piperazine rings is 1. The fraction of sp³-hybridized carbons (Fsp3) is 0.300. The molecule has 1 amide bonds. The minimum atomic E-state index is -0.696. The van der Waals surface area contributed by atoms with Crippen molar-refractivity contribution in [3.63, 3.8) is 0 Å². The quantitative estimate of drug-likeness (QED) is 0.695. The number of benzene rings is 1. The number of aromatic nitrogens is 2. The highest BCUT2D eigenvalue weighted by Crippen LogP contribution is 2.30. The number of nitrogens with zero attached hydrogens (tertiary/aromatic N) is 4. The van der Waals surface area contributed by atoms with E-state index in [1.165, 1.54) is 7.11 Å². The van der Waals surface area contributed by atoms with Crippen LogP contribution in [0, 0.1) is 18.3 Å². The molecule has 1 aliphatic heterocycles. The van der Waals surface area contributed by atoms with E-state index in [2.05, 4.69) is 16.4 Å². The van der Waals surface area contributed by atoms with Gasteiger partial charge in [0.15, 0.2) is 5.65 Å². The molecule has 28 heavy (non-hydrogen) atoms. The summed E-state index contributed by atoms with van der Waals surface area (Å²) in [6.45, 7) is 2.84. The molecule has 0 saturated carbocycles.